The zero-order valence-corrected chi connectivity index (χ0v) is 19.8. The largest absolute Gasteiger partial charge is 0.394 e. The molecule has 0 bridgehead atoms. The van der Waals surface area contributed by atoms with E-state index in [2.05, 4.69) is 68.9 Å². The fourth-order valence-electron chi connectivity index (χ4n) is 5.14. The molecule has 178 valence electrons. The lowest BCUT2D eigenvalue weighted by Crippen LogP contribution is -2.52. The summed E-state index contributed by atoms with van der Waals surface area (Å²) in [5, 5.41) is 22.9. The minimum absolute atomic E-state index is 0.0981. The number of rotatable bonds is 9. The summed E-state index contributed by atoms with van der Waals surface area (Å²) < 4.78 is 1.94. The molecule has 5 rings (SSSR count). The summed E-state index contributed by atoms with van der Waals surface area (Å²) in [5.41, 5.74) is 4.37. The van der Waals surface area contributed by atoms with Crippen LogP contribution < -0.4 is 5.32 Å². The average molecular weight is 459 g/mol. The molecule has 1 atom stereocenters. The number of aromatic nitrogens is 4. The lowest BCUT2D eigenvalue weighted by Gasteiger charge is -2.39. The Labute approximate surface area is 200 Å². The van der Waals surface area contributed by atoms with E-state index in [4.69, 9.17) is 0 Å². The van der Waals surface area contributed by atoms with Gasteiger partial charge in [-0.15, -0.1) is 10.2 Å². The summed E-state index contributed by atoms with van der Waals surface area (Å²) in [6.07, 6.45) is 10.0. The van der Waals surface area contributed by atoms with E-state index >= 15 is 0 Å². The van der Waals surface area contributed by atoms with Crippen LogP contribution in [0.25, 0.3) is 16.6 Å². The molecule has 3 heterocycles. The summed E-state index contributed by atoms with van der Waals surface area (Å²) in [6.45, 7) is 5.51. The summed E-state index contributed by atoms with van der Waals surface area (Å²) >= 11 is 0. The minimum atomic E-state index is -0.394. The topological polar surface area (TPSA) is 82.0 Å². The Hall–Kier alpha value is -3.00. The molecule has 3 N–H and O–H groups in total. The molecule has 0 aliphatic carbocycles. The Balaban J connectivity index is 1.12. The van der Waals surface area contributed by atoms with Crippen molar-refractivity contribution in [1.82, 2.24) is 30.0 Å². The van der Waals surface area contributed by atoms with E-state index in [9.17, 15) is 5.11 Å². The molecule has 1 aliphatic rings. The number of hydrogen-bond donors (Lipinski definition) is 3. The Bertz CT molecular complexity index is 1180. The molecule has 1 saturated heterocycles. The van der Waals surface area contributed by atoms with Gasteiger partial charge in [0.25, 0.3) is 0 Å². The molecule has 2 aromatic heterocycles. The highest BCUT2D eigenvalue weighted by molar-refractivity contribution is 5.85. The van der Waals surface area contributed by atoms with Gasteiger partial charge in [-0.3, -0.25) is 4.57 Å². The van der Waals surface area contributed by atoms with Crippen molar-refractivity contribution >= 4 is 10.9 Å². The van der Waals surface area contributed by atoms with Crippen molar-refractivity contribution in [2.75, 3.05) is 26.2 Å². The summed E-state index contributed by atoms with van der Waals surface area (Å²) in [6, 6.07) is 17.1. The molecular formula is C27H34N6O. The van der Waals surface area contributed by atoms with Crippen LogP contribution in [0.3, 0.4) is 0 Å². The monoisotopic (exact) mass is 458 g/mol. The van der Waals surface area contributed by atoms with Crippen molar-refractivity contribution in [3.8, 4) is 5.69 Å². The summed E-state index contributed by atoms with van der Waals surface area (Å²) in [5.74, 6) is 0. The first-order chi connectivity index (χ1) is 16.6. The molecule has 0 unspecified atom stereocenters. The Morgan fingerprint density at radius 3 is 2.59 bits per heavy atom. The van der Waals surface area contributed by atoms with Crippen molar-refractivity contribution in [3.63, 3.8) is 0 Å². The number of aliphatic hydroxyl groups is 1. The number of piperidine rings is 1. The summed E-state index contributed by atoms with van der Waals surface area (Å²) in [7, 11) is 0. The molecule has 0 amide bonds. The number of nitrogens with one attached hydrogen (secondary N) is 2. The smallest absolute Gasteiger partial charge is 0.123 e. The molecule has 0 saturated carbocycles. The normalized spacial score (nSPS) is 17.2. The number of likely N-dealkylation sites (tertiary alicyclic amines) is 1. The van der Waals surface area contributed by atoms with Gasteiger partial charge < -0.3 is 20.3 Å². The van der Waals surface area contributed by atoms with Crippen LogP contribution in [0.5, 0.6) is 0 Å². The molecule has 7 heteroatoms. The third-order valence-electron chi connectivity index (χ3n) is 7.23. The minimum Gasteiger partial charge on any atom is -0.394 e. The Morgan fingerprint density at radius 1 is 1.09 bits per heavy atom. The second-order valence-electron chi connectivity index (χ2n) is 9.63. The first-order valence-corrected chi connectivity index (χ1v) is 12.3. The number of fused-ring (bicyclic) bond motifs is 1. The standard InChI is InChI=1S/C27H34N6O/c1-27(18-34,22-7-3-2-4-8-22)31-23-11-14-32(15-12-23)13-5-6-21-17-28-26-10-9-24(16-25(21)26)33-19-29-30-20-33/h2-4,7-10,16-17,19-20,23,28,31,34H,5-6,11-15,18H2,1H3/t27-/m0/s1. The van der Waals surface area contributed by atoms with Crippen molar-refractivity contribution in [3.05, 3.63) is 78.5 Å². The van der Waals surface area contributed by atoms with Gasteiger partial charge in [0.1, 0.15) is 12.7 Å². The third kappa shape index (κ3) is 4.92. The van der Waals surface area contributed by atoms with Gasteiger partial charge in [0.15, 0.2) is 0 Å². The van der Waals surface area contributed by atoms with E-state index in [0.29, 0.717) is 6.04 Å². The average Bonchev–Trinajstić information content (AvgIpc) is 3.56. The van der Waals surface area contributed by atoms with Crippen LogP contribution in [0.15, 0.2) is 67.4 Å². The van der Waals surface area contributed by atoms with E-state index in [1.54, 1.807) is 12.7 Å². The van der Waals surface area contributed by atoms with Crippen LogP contribution in [0, 0.1) is 0 Å². The number of benzene rings is 2. The first kappa shape index (κ1) is 22.8. The lowest BCUT2D eigenvalue weighted by molar-refractivity contribution is 0.128. The molecule has 0 radical (unpaired) electrons. The second kappa shape index (κ2) is 10.1. The molecule has 4 aromatic rings. The number of aliphatic hydroxyl groups excluding tert-OH is 1. The number of hydrogen-bond acceptors (Lipinski definition) is 5. The lowest BCUT2D eigenvalue weighted by atomic mass is 9.90. The van der Waals surface area contributed by atoms with Crippen LogP contribution in [-0.2, 0) is 12.0 Å². The highest BCUT2D eigenvalue weighted by atomic mass is 16.3. The molecule has 7 nitrogen and oxygen atoms in total. The molecule has 2 aromatic carbocycles. The predicted octanol–water partition coefficient (Wildman–Crippen LogP) is 3.64. The zero-order valence-electron chi connectivity index (χ0n) is 19.8. The Morgan fingerprint density at radius 2 is 1.85 bits per heavy atom. The quantitative estimate of drug-likeness (QED) is 0.357. The fourth-order valence-corrected chi connectivity index (χ4v) is 5.14. The number of H-pyrrole nitrogens is 1. The molecule has 1 aliphatic heterocycles. The van der Waals surface area contributed by atoms with Gasteiger partial charge in [-0.25, -0.2) is 0 Å². The van der Waals surface area contributed by atoms with Crippen molar-refractivity contribution in [1.29, 1.82) is 0 Å². The van der Waals surface area contributed by atoms with Crippen molar-refractivity contribution in [2.24, 2.45) is 0 Å². The maximum Gasteiger partial charge on any atom is 0.123 e. The van der Waals surface area contributed by atoms with Crippen molar-refractivity contribution < 1.29 is 5.11 Å². The highest BCUT2D eigenvalue weighted by Gasteiger charge is 2.30. The highest BCUT2D eigenvalue weighted by Crippen LogP contribution is 2.25. The third-order valence-corrected chi connectivity index (χ3v) is 7.23. The fraction of sp³-hybridized carbons (Fsp3) is 0.407. The van der Waals surface area contributed by atoms with Crippen molar-refractivity contribution in [2.45, 2.75) is 44.2 Å². The van der Waals surface area contributed by atoms with E-state index in [1.165, 1.54) is 16.5 Å². The molecular weight excluding hydrogens is 424 g/mol. The SMILES string of the molecule is C[C@@](CO)(NC1CCN(CCCc2c[nH]c3ccc(-n4cnnc4)cc23)CC1)c1ccccc1. The molecule has 0 spiro atoms. The zero-order chi connectivity index (χ0) is 23.4. The molecule has 34 heavy (non-hydrogen) atoms. The van der Waals surface area contributed by atoms with Crippen LogP contribution in [0.2, 0.25) is 0 Å². The second-order valence-corrected chi connectivity index (χ2v) is 9.63. The maximum absolute atomic E-state index is 10.1. The van der Waals surface area contributed by atoms with Gasteiger partial charge >= 0.3 is 0 Å². The first-order valence-electron chi connectivity index (χ1n) is 12.3. The van der Waals surface area contributed by atoms with Gasteiger partial charge in [-0.2, -0.15) is 0 Å². The van der Waals surface area contributed by atoms with Crippen LogP contribution >= 0.6 is 0 Å². The van der Waals surface area contributed by atoms with E-state index in [-0.39, 0.29) is 6.61 Å². The number of aromatic amines is 1. The van der Waals surface area contributed by atoms with Gasteiger partial charge in [0, 0.05) is 28.8 Å². The van der Waals surface area contributed by atoms with Gasteiger partial charge in [0.05, 0.1) is 12.1 Å². The Kier molecular flexibility index (Phi) is 6.76. The van der Waals surface area contributed by atoms with Gasteiger partial charge in [-0.1, -0.05) is 30.3 Å². The van der Waals surface area contributed by atoms with Gasteiger partial charge in [0.2, 0.25) is 0 Å². The van der Waals surface area contributed by atoms with E-state index in [0.717, 1.165) is 56.6 Å². The van der Waals surface area contributed by atoms with E-state index < -0.39 is 5.54 Å². The number of aryl methyl sites for hydroxylation is 1. The summed E-state index contributed by atoms with van der Waals surface area (Å²) in [4.78, 5) is 5.99. The number of nitrogens with zero attached hydrogens (tertiary/aromatic N) is 4. The van der Waals surface area contributed by atoms with Crippen LogP contribution in [0.1, 0.15) is 37.3 Å². The van der Waals surface area contributed by atoms with Crippen LogP contribution in [0.4, 0.5) is 0 Å². The van der Waals surface area contributed by atoms with Gasteiger partial charge in [-0.05, 0) is 81.6 Å². The van der Waals surface area contributed by atoms with Crippen LogP contribution in [-0.4, -0.2) is 62.0 Å². The molecule has 1 fully saturated rings. The maximum atomic E-state index is 10.1. The van der Waals surface area contributed by atoms with E-state index in [1.807, 2.05) is 22.8 Å². The predicted molar refractivity (Wildman–Crippen MR) is 135 cm³/mol.